The minimum atomic E-state index is 0.820. The number of likely N-dealkylation sites (tertiary alicyclic amines) is 1. The van der Waals surface area contributed by atoms with Crippen molar-refractivity contribution in [2.45, 2.75) is 64.0 Å². The van der Waals surface area contributed by atoms with Crippen LogP contribution >= 0.6 is 0 Å². The zero-order chi connectivity index (χ0) is 11.7. The van der Waals surface area contributed by atoms with Crippen LogP contribution in [0.3, 0.4) is 0 Å². The average Bonchev–Trinajstić information content (AvgIpc) is 3.00. The van der Waals surface area contributed by atoms with Gasteiger partial charge in [0.1, 0.15) is 0 Å². The van der Waals surface area contributed by atoms with Crippen LogP contribution in [0, 0.1) is 11.8 Å². The Morgan fingerprint density at radius 1 is 1.06 bits per heavy atom. The van der Waals surface area contributed by atoms with Crippen LogP contribution < -0.4 is 5.32 Å². The molecule has 2 aliphatic carbocycles. The van der Waals surface area contributed by atoms with Crippen LogP contribution in [0.4, 0.5) is 0 Å². The molecule has 3 rings (SSSR count). The molecule has 2 heteroatoms. The van der Waals surface area contributed by atoms with Gasteiger partial charge in [-0.15, -0.1) is 0 Å². The highest BCUT2D eigenvalue weighted by Crippen LogP contribution is 2.40. The molecule has 2 saturated carbocycles. The zero-order valence-electron chi connectivity index (χ0n) is 11.3. The summed E-state index contributed by atoms with van der Waals surface area (Å²) in [5, 5.41) is 3.71. The average molecular weight is 236 g/mol. The third-order valence-corrected chi connectivity index (χ3v) is 5.36. The summed E-state index contributed by atoms with van der Waals surface area (Å²) in [6, 6.07) is 1.73. The molecular weight excluding hydrogens is 208 g/mol. The van der Waals surface area contributed by atoms with Gasteiger partial charge < -0.3 is 5.32 Å². The smallest absolute Gasteiger partial charge is 0.0111 e. The summed E-state index contributed by atoms with van der Waals surface area (Å²) in [5.74, 6) is 2.13. The molecule has 1 aliphatic heterocycles. The number of rotatable bonds is 4. The van der Waals surface area contributed by atoms with Gasteiger partial charge in [-0.05, 0) is 56.9 Å². The van der Waals surface area contributed by atoms with E-state index in [-0.39, 0.29) is 0 Å². The van der Waals surface area contributed by atoms with Crippen molar-refractivity contribution in [3.63, 3.8) is 0 Å². The molecule has 1 N–H and O–H groups in total. The molecule has 4 unspecified atom stereocenters. The fourth-order valence-electron chi connectivity index (χ4n) is 4.39. The number of hydrogen-bond acceptors (Lipinski definition) is 2. The van der Waals surface area contributed by atoms with Crippen LogP contribution in [0.1, 0.15) is 51.9 Å². The first-order valence-corrected chi connectivity index (χ1v) is 7.84. The van der Waals surface area contributed by atoms with Crippen molar-refractivity contribution in [2.24, 2.45) is 11.8 Å². The third kappa shape index (κ3) is 2.53. The summed E-state index contributed by atoms with van der Waals surface area (Å²) >= 11 is 0. The standard InChI is InChI=1S/C15H28N2/c1-2-8-16-14-6-7-15(9-14)17-10-12-4-3-5-13(12)11-17/h12-16H,2-11H2,1H3. The predicted molar refractivity (Wildman–Crippen MR) is 72.1 cm³/mol. The maximum absolute atomic E-state index is 3.71. The highest BCUT2D eigenvalue weighted by atomic mass is 15.2. The second kappa shape index (κ2) is 5.27. The largest absolute Gasteiger partial charge is 0.314 e. The maximum atomic E-state index is 3.71. The fraction of sp³-hybridized carbons (Fsp3) is 1.00. The van der Waals surface area contributed by atoms with Crippen molar-refractivity contribution in [2.75, 3.05) is 19.6 Å². The number of fused-ring (bicyclic) bond motifs is 1. The molecule has 1 heterocycles. The van der Waals surface area contributed by atoms with Crippen LogP contribution in [0.15, 0.2) is 0 Å². The van der Waals surface area contributed by atoms with Gasteiger partial charge in [0.25, 0.3) is 0 Å². The van der Waals surface area contributed by atoms with E-state index in [0.29, 0.717) is 0 Å². The van der Waals surface area contributed by atoms with Gasteiger partial charge in [0.2, 0.25) is 0 Å². The molecule has 0 aromatic heterocycles. The van der Waals surface area contributed by atoms with Crippen LogP contribution in [0.2, 0.25) is 0 Å². The molecule has 3 fully saturated rings. The van der Waals surface area contributed by atoms with Crippen molar-refractivity contribution < 1.29 is 0 Å². The van der Waals surface area contributed by atoms with E-state index in [0.717, 1.165) is 23.9 Å². The molecule has 0 bridgehead atoms. The minimum Gasteiger partial charge on any atom is -0.314 e. The SMILES string of the molecule is CCCNC1CCC(N2CC3CCCC3C2)C1. The van der Waals surface area contributed by atoms with E-state index in [1.165, 1.54) is 64.6 Å². The zero-order valence-corrected chi connectivity index (χ0v) is 11.3. The van der Waals surface area contributed by atoms with Crippen LogP contribution in [0.25, 0.3) is 0 Å². The van der Waals surface area contributed by atoms with Crippen molar-refractivity contribution in [1.82, 2.24) is 10.2 Å². The lowest BCUT2D eigenvalue weighted by Crippen LogP contribution is -2.34. The number of nitrogens with zero attached hydrogens (tertiary/aromatic N) is 1. The molecule has 17 heavy (non-hydrogen) atoms. The van der Waals surface area contributed by atoms with Crippen molar-refractivity contribution in [3.8, 4) is 0 Å². The molecule has 0 spiro atoms. The summed E-state index contributed by atoms with van der Waals surface area (Å²) < 4.78 is 0. The van der Waals surface area contributed by atoms with Gasteiger partial charge in [0, 0.05) is 25.2 Å². The third-order valence-electron chi connectivity index (χ3n) is 5.36. The van der Waals surface area contributed by atoms with Crippen molar-refractivity contribution in [3.05, 3.63) is 0 Å². The topological polar surface area (TPSA) is 15.3 Å². The molecule has 0 radical (unpaired) electrons. The molecule has 0 aromatic rings. The van der Waals surface area contributed by atoms with Gasteiger partial charge >= 0.3 is 0 Å². The number of hydrogen-bond donors (Lipinski definition) is 1. The Morgan fingerprint density at radius 2 is 1.82 bits per heavy atom. The first-order chi connectivity index (χ1) is 8.36. The fourth-order valence-corrected chi connectivity index (χ4v) is 4.39. The molecule has 1 saturated heterocycles. The Hall–Kier alpha value is -0.0800. The van der Waals surface area contributed by atoms with E-state index >= 15 is 0 Å². The lowest BCUT2D eigenvalue weighted by atomic mass is 10.0. The molecule has 98 valence electrons. The monoisotopic (exact) mass is 236 g/mol. The van der Waals surface area contributed by atoms with Gasteiger partial charge in [0.05, 0.1) is 0 Å². The summed E-state index contributed by atoms with van der Waals surface area (Å²) in [7, 11) is 0. The second-order valence-corrected chi connectivity index (χ2v) is 6.52. The van der Waals surface area contributed by atoms with E-state index < -0.39 is 0 Å². The Balaban J connectivity index is 1.47. The summed E-state index contributed by atoms with van der Waals surface area (Å²) in [5.41, 5.74) is 0. The van der Waals surface area contributed by atoms with Crippen LogP contribution in [-0.4, -0.2) is 36.6 Å². The maximum Gasteiger partial charge on any atom is 0.0111 e. The van der Waals surface area contributed by atoms with E-state index in [4.69, 9.17) is 0 Å². The minimum absolute atomic E-state index is 0.820. The first-order valence-electron chi connectivity index (χ1n) is 7.84. The van der Waals surface area contributed by atoms with Crippen LogP contribution in [0.5, 0.6) is 0 Å². The highest BCUT2D eigenvalue weighted by molar-refractivity contribution is 4.95. The Labute approximate surface area is 106 Å². The summed E-state index contributed by atoms with van der Waals surface area (Å²) in [6.45, 7) is 6.33. The summed E-state index contributed by atoms with van der Waals surface area (Å²) in [4.78, 5) is 2.84. The van der Waals surface area contributed by atoms with Gasteiger partial charge in [0.15, 0.2) is 0 Å². The Kier molecular flexibility index (Phi) is 3.72. The van der Waals surface area contributed by atoms with Gasteiger partial charge in [-0.1, -0.05) is 13.3 Å². The molecular formula is C15H28N2. The molecule has 3 aliphatic rings. The Bertz CT molecular complexity index is 241. The predicted octanol–water partition coefficient (Wildman–Crippen LogP) is 2.64. The van der Waals surface area contributed by atoms with E-state index in [9.17, 15) is 0 Å². The summed E-state index contributed by atoms with van der Waals surface area (Å²) in [6.07, 6.45) is 10.1. The first kappa shape index (κ1) is 12.0. The molecule has 4 atom stereocenters. The van der Waals surface area contributed by atoms with E-state index in [2.05, 4.69) is 17.1 Å². The van der Waals surface area contributed by atoms with Crippen molar-refractivity contribution >= 4 is 0 Å². The quantitative estimate of drug-likeness (QED) is 0.807. The van der Waals surface area contributed by atoms with E-state index in [1.807, 2.05) is 0 Å². The normalized spacial score (nSPS) is 42.2. The van der Waals surface area contributed by atoms with Crippen molar-refractivity contribution in [1.29, 1.82) is 0 Å². The number of nitrogens with one attached hydrogen (secondary N) is 1. The van der Waals surface area contributed by atoms with Gasteiger partial charge in [-0.25, -0.2) is 0 Å². The Morgan fingerprint density at radius 3 is 2.53 bits per heavy atom. The molecule has 2 nitrogen and oxygen atoms in total. The highest BCUT2D eigenvalue weighted by Gasteiger charge is 2.40. The van der Waals surface area contributed by atoms with Gasteiger partial charge in [-0.2, -0.15) is 0 Å². The van der Waals surface area contributed by atoms with Crippen LogP contribution in [-0.2, 0) is 0 Å². The molecule has 0 aromatic carbocycles. The molecule has 0 amide bonds. The lowest BCUT2D eigenvalue weighted by molar-refractivity contribution is 0.224. The second-order valence-electron chi connectivity index (χ2n) is 6.52. The van der Waals surface area contributed by atoms with Gasteiger partial charge in [-0.3, -0.25) is 4.90 Å². The van der Waals surface area contributed by atoms with E-state index in [1.54, 1.807) is 0 Å². The lowest BCUT2D eigenvalue weighted by Gasteiger charge is -2.25.